The van der Waals surface area contributed by atoms with Gasteiger partial charge >= 0.3 is 0 Å². The van der Waals surface area contributed by atoms with Crippen LogP contribution in [0.25, 0.3) is 0 Å². The Hall–Kier alpha value is -1.29. The minimum Gasteiger partial charge on any atom is -0.344 e. The van der Waals surface area contributed by atoms with Crippen molar-refractivity contribution in [1.82, 2.24) is 9.47 Å². The van der Waals surface area contributed by atoms with Gasteiger partial charge in [0.25, 0.3) is 5.91 Å². The van der Waals surface area contributed by atoms with Crippen molar-refractivity contribution < 1.29 is 4.79 Å². The number of likely N-dealkylation sites (tertiary alicyclic amines) is 1. The van der Waals surface area contributed by atoms with E-state index in [0.29, 0.717) is 6.54 Å². The Kier molecular flexibility index (Phi) is 3.84. The molecule has 0 spiro atoms. The maximum absolute atomic E-state index is 12.4. The largest absolute Gasteiger partial charge is 0.344 e. The van der Waals surface area contributed by atoms with Gasteiger partial charge in [-0.05, 0) is 31.4 Å². The summed E-state index contributed by atoms with van der Waals surface area (Å²) in [6, 6.07) is 4.08. The van der Waals surface area contributed by atoms with Gasteiger partial charge in [0, 0.05) is 31.9 Å². The zero-order valence-electron chi connectivity index (χ0n) is 10.4. The van der Waals surface area contributed by atoms with E-state index in [1.807, 2.05) is 27.8 Å². The maximum atomic E-state index is 12.4. The van der Waals surface area contributed by atoms with Crippen molar-refractivity contribution >= 4 is 5.91 Å². The minimum atomic E-state index is 0.136. The van der Waals surface area contributed by atoms with E-state index in [9.17, 15) is 4.79 Å². The van der Waals surface area contributed by atoms with Crippen molar-refractivity contribution in [3.63, 3.8) is 0 Å². The third-order valence-electron chi connectivity index (χ3n) is 3.42. The van der Waals surface area contributed by atoms with Gasteiger partial charge in [0.1, 0.15) is 5.69 Å². The molecule has 1 unspecified atom stereocenters. The summed E-state index contributed by atoms with van der Waals surface area (Å²) in [7, 11) is 0. The first-order valence-electron chi connectivity index (χ1n) is 6.44. The summed E-state index contributed by atoms with van der Waals surface area (Å²) in [5.74, 6) is 0.136. The van der Waals surface area contributed by atoms with Gasteiger partial charge in [0.15, 0.2) is 0 Å². The molecule has 0 aromatic carbocycles. The van der Waals surface area contributed by atoms with E-state index in [-0.39, 0.29) is 11.9 Å². The molecule has 1 saturated heterocycles. The monoisotopic (exact) mass is 235 g/mol. The topological polar surface area (TPSA) is 51.3 Å². The predicted molar refractivity (Wildman–Crippen MR) is 67.8 cm³/mol. The van der Waals surface area contributed by atoms with Crippen LogP contribution in [0.15, 0.2) is 18.3 Å². The summed E-state index contributed by atoms with van der Waals surface area (Å²) >= 11 is 0. The third kappa shape index (κ3) is 2.36. The van der Waals surface area contributed by atoms with Gasteiger partial charge in [-0.15, -0.1) is 0 Å². The van der Waals surface area contributed by atoms with Crippen LogP contribution < -0.4 is 5.73 Å². The smallest absolute Gasteiger partial charge is 0.270 e. The zero-order chi connectivity index (χ0) is 12.3. The molecule has 1 aliphatic rings. The van der Waals surface area contributed by atoms with Gasteiger partial charge in [0.05, 0.1) is 0 Å². The highest BCUT2D eigenvalue weighted by atomic mass is 16.2. The molecule has 0 saturated carbocycles. The number of carbonyl (C=O) groups is 1. The molecule has 1 atom stereocenters. The van der Waals surface area contributed by atoms with Crippen LogP contribution in [0.4, 0.5) is 0 Å². The molecule has 1 aromatic heterocycles. The highest BCUT2D eigenvalue weighted by molar-refractivity contribution is 5.93. The maximum Gasteiger partial charge on any atom is 0.270 e. The second-order valence-electron chi connectivity index (χ2n) is 4.62. The lowest BCUT2D eigenvalue weighted by molar-refractivity contribution is 0.0730. The number of carbonyl (C=O) groups excluding carboxylic acids is 1. The number of nitrogens with two attached hydrogens (primary N) is 1. The standard InChI is InChI=1S/C13H21N3O/c1-2-7-15-8-4-6-12(15)13(17)16-9-3-5-11(16)10-14/h4,6,8,11H,2-3,5,7,9-10,14H2,1H3. The van der Waals surface area contributed by atoms with Crippen LogP contribution in [-0.4, -0.2) is 34.5 Å². The van der Waals surface area contributed by atoms with Crippen LogP contribution in [0.1, 0.15) is 36.7 Å². The molecule has 2 heterocycles. The van der Waals surface area contributed by atoms with Gasteiger partial charge in [-0.1, -0.05) is 6.92 Å². The number of rotatable bonds is 4. The summed E-state index contributed by atoms with van der Waals surface area (Å²) in [4.78, 5) is 14.4. The van der Waals surface area contributed by atoms with E-state index in [4.69, 9.17) is 5.73 Å². The van der Waals surface area contributed by atoms with Gasteiger partial charge in [-0.3, -0.25) is 4.79 Å². The van der Waals surface area contributed by atoms with Crippen molar-refractivity contribution in [2.45, 2.75) is 38.8 Å². The van der Waals surface area contributed by atoms with Crippen molar-refractivity contribution in [2.75, 3.05) is 13.1 Å². The minimum absolute atomic E-state index is 0.136. The molecule has 1 fully saturated rings. The quantitative estimate of drug-likeness (QED) is 0.859. The summed E-state index contributed by atoms with van der Waals surface area (Å²) in [5.41, 5.74) is 6.51. The molecule has 4 nitrogen and oxygen atoms in total. The van der Waals surface area contributed by atoms with Crippen molar-refractivity contribution in [1.29, 1.82) is 0 Å². The number of hydrogen-bond acceptors (Lipinski definition) is 2. The average molecular weight is 235 g/mol. The fourth-order valence-corrected chi connectivity index (χ4v) is 2.54. The lowest BCUT2D eigenvalue weighted by Crippen LogP contribution is -2.40. The zero-order valence-corrected chi connectivity index (χ0v) is 10.4. The Balaban J connectivity index is 2.15. The van der Waals surface area contributed by atoms with Crippen molar-refractivity contribution in [3.05, 3.63) is 24.0 Å². The van der Waals surface area contributed by atoms with Crippen molar-refractivity contribution in [2.24, 2.45) is 5.73 Å². The second kappa shape index (κ2) is 5.36. The van der Waals surface area contributed by atoms with Crippen LogP contribution in [0.2, 0.25) is 0 Å². The lowest BCUT2D eigenvalue weighted by atomic mass is 10.2. The molecular formula is C13H21N3O. The molecule has 4 heteroatoms. The Bertz CT molecular complexity index is 386. The van der Waals surface area contributed by atoms with Gasteiger partial charge < -0.3 is 15.2 Å². The van der Waals surface area contributed by atoms with Crippen LogP contribution in [-0.2, 0) is 6.54 Å². The Morgan fingerprint density at radius 2 is 2.41 bits per heavy atom. The second-order valence-corrected chi connectivity index (χ2v) is 4.62. The van der Waals surface area contributed by atoms with E-state index in [1.54, 1.807) is 0 Å². The first-order valence-corrected chi connectivity index (χ1v) is 6.44. The Labute approximate surface area is 102 Å². The highest BCUT2D eigenvalue weighted by Gasteiger charge is 2.29. The van der Waals surface area contributed by atoms with Gasteiger partial charge in [-0.25, -0.2) is 0 Å². The molecule has 2 rings (SSSR count). The summed E-state index contributed by atoms with van der Waals surface area (Å²) in [5, 5.41) is 0. The molecule has 17 heavy (non-hydrogen) atoms. The lowest BCUT2D eigenvalue weighted by Gasteiger charge is -2.24. The average Bonchev–Trinajstić information content (AvgIpc) is 2.96. The molecule has 0 aliphatic carbocycles. The van der Waals surface area contributed by atoms with Gasteiger partial charge in [0.2, 0.25) is 0 Å². The highest BCUT2D eigenvalue weighted by Crippen LogP contribution is 2.19. The van der Waals surface area contributed by atoms with E-state index < -0.39 is 0 Å². The molecule has 2 N–H and O–H groups in total. The van der Waals surface area contributed by atoms with Crippen LogP contribution in [0, 0.1) is 0 Å². The molecule has 1 aromatic rings. The van der Waals surface area contributed by atoms with Crippen LogP contribution >= 0.6 is 0 Å². The number of nitrogens with zero attached hydrogens (tertiary/aromatic N) is 2. The molecule has 94 valence electrons. The van der Waals surface area contributed by atoms with Crippen molar-refractivity contribution in [3.8, 4) is 0 Å². The number of amides is 1. The van der Waals surface area contributed by atoms with E-state index in [0.717, 1.165) is 38.0 Å². The van der Waals surface area contributed by atoms with E-state index in [1.165, 1.54) is 0 Å². The van der Waals surface area contributed by atoms with Crippen LogP contribution in [0.3, 0.4) is 0 Å². The number of hydrogen-bond donors (Lipinski definition) is 1. The first kappa shape index (κ1) is 12.2. The number of aromatic nitrogens is 1. The fraction of sp³-hybridized carbons (Fsp3) is 0.615. The Morgan fingerprint density at radius 3 is 3.12 bits per heavy atom. The summed E-state index contributed by atoms with van der Waals surface area (Å²) in [6.45, 7) is 4.43. The first-order chi connectivity index (χ1) is 8.27. The molecular weight excluding hydrogens is 214 g/mol. The van der Waals surface area contributed by atoms with Gasteiger partial charge in [-0.2, -0.15) is 0 Å². The summed E-state index contributed by atoms with van der Waals surface area (Å²) < 4.78 is 2.04. The van der Waals surface area contributed by atoms with E-state index >= 15 is 0 Å². The summed E-state index contributed by atoms with van der Waals surface area (Å²) in [6.07, 6.45) is 5.12. The molecule has 1 aliphatic heterocycles. The van der Waals surface area contributed by atoms with Crippen LogP contribution in [0.5, 0.6) is 0 Å². The van der Waals surface area contributed by atoms with E-state index in [2.05, 4.69) is 6.92 Å². The third-order valence-corrected chi connectivity index (χ3v) is 3.42. The predicted octanol–water partition coefficient (Wildman–Crippen LogP) is 1.46. The number of aryl methyl sites for hydroxylation is 1. The Morgan fingerprint density at radius 1 is 1.59 bits per heavy atom. The SMILES string of the molecule is CCCn1cccc1C(=O)N1CCCC1CN. The fourth-order valence-electron chi connectivity index (χ4n) is 2.54. The normalized spacial score (nSPS) is 19.9. The molecule has 0 radical (unpaired) electrons. The molecule has 0 bridgehead atoms. The molecule has 1 amide bonds.